The maximum Gasteiger partial charge on any atom is 0.253 e. The van der Waals surface area contributed by atoms with E-state index in [1.54, 1.807) is 4.90 Å². The minimum Gasteiger partial charge on any atom is -0.376 e. The molecule has 0 saturated carbocycles. The molecule has 2 aromatic rings. The molecule has 1 aromatic heterocycles. The van der Waals surface area contributed by atoms with Crippen LogP contribution in [-0.2, 0) is 16.1 Å². The number of fused-ring (bicyclic) bond motifs is 1. The number of amides is 1. The zero-order chi connectivity index (χ0) is 18.7. The van der Waals surface area contributed by atoms with Gasteiger partial charge in [-0.1, -0.05) is 26.0 Å². The second-order valence-electron chi connectivity index (χ2n) is 7.72. The van der Waals surface area contributed by atoms with Crippen LogP contribution in [0.2, 0.25) is 0 Å². The van der Waals surface area contributed by atoms with Crippen LogP contribution in [0.4, 0.5) is 0 Å². The number of carbonyl (C=O) groups is 1. The van der Waals surface area contributed by atoms with Gasteiger partial charge in [0.25, 0.3) is 5.56 Å². The van der Waals surface area contributed by atoms with E-state index in [1.807, 2.05) is 45.0 Å². The largest absolute Gasteiger partial charge is 0.376 e. The number of rotatable bonds is 6. The predicted molar refractivity (Wildman–Crippen MR) is 103 cm³/mol. The number of aryl methyl sites for hydroxylation is 1. The summed E-state index contributed by atoms with van der Waals surface area (Å²) >= 11 is 0. The van der Waals surface area contributed by atoms with Crippen LogP contribution in [0.3, 0.4) is 0 Å². The van der Waals surface area contributed by atoms with E-state index in [0.29, 0.717) is 25.1 Å². The molecule has 5 heteroatoms. The van der Waals surface area contributed by atoms with Gasteiger partial charge < -0.3 is 14.6 Å². The molecular formula is C21H28N2O3. The van der Waals surface area contributed by atoms with Crippen LogP contribution in [0.1, 0.15) is 44.2 Å². The monoisotopic (exact) mass is 356 g/mol. The molecule has 1 fully saturated rings. The highest BCUT2D eigenvalue weighted by Crippen LogP contribution is 2.18. The third-order valence-corrected chi connectivity index (χ3v) is 4.82. The molecule has 2 heterocycles. The van der Waals surface area contributed by atoms with Gasteiger partial charge in [0, 0.05) is 30.7 Å². The Morgan fingerprint density at radius 2 is 2.15 bits per heavy atom. The first kappa shape index (κ1) is 18.6. The molecule has 1 amide bonds. The highest BCUT2D eigenvalue weighted by molar-refractivity contribution is 5.80. The van der Waals surface area contributed by atoms with Crippen molar-refractivity contribution in [3.8, 4) is 0 Å². The van der Waals surface area contributed by atoms with Crippen LogP contribution in [0.15, 0.2) is 29.1 Å². The summed E-state index contributed by atoms with van der Waals surface area (Å²) in [4.78, 5) is 30.0. The van der Waals surface area contributed by atoms with E-state index in [0.717, 1.165) is 35.9 Å². The molecule has 0 aliphatic carbocycles. The number of H-pyrrole nitrogens is 1. The molecule has 0 radical (unpaired) electrons. The number of hydrogen-bond donors (Lipinski definition) is 1. The maximum absolute atomic E-state index is 12.7. The number of ether oxygens (including phenoxy) is 1. The Balaban J connectivity index is 1.85. The second kappa shape index (κ2) is 8.04. The standard InChI is InChI=1S/C21H28N2O3/c1-14(2)9-20(24)23(13-18-5-4-8-26-18)12-17-11-16-7-6-15(3)10-19(16)22-21(17)25/h6-7,10-11,14,18H,4-5,8-9,12-13H2,1-3H3,(H,22,25)/t18-/m0/s1. The molecule has 1 aliphatic rings. The van der Waals surface area contributed by atoms with Gasteiger partial charge >= 0.3 is 0 Å². The molecule has 140 valence electrons. The second-order valence-corrected chi connectivity index (χ2v) is 7.72. The number of benzene rings is 1. The smallest absolute Gasteiger partial charge is 0.253 e. The number of pyridine rings is 1. The first-order valence-electron chi connectivity index (χ1n) is 9.44. The maximum atomic E-state index is 12.7. The van der Waals surface area contributed by atoms with Crippen LogP contribution in [-0.4, -0.2) is 35.0 Å². The summed E-state index contributed by atoms with van der Waals surface area (Å²) in [6, 6.07) is 7.90. The average molecular weight is 356 g/mol. The van der Waals surface area contributed by atoms with Crippen LogP contribution in [0.5, 0.6) is 0 Å². The topological polar surface area (TPSA) is 62.4 Å². The summed E-state index contributed by atoms with van der Waals surface area (Å²) < 4.78 is 5.71. The van der Waals surface area contributed by atoms with Gasteiger partial charge in [0.1, 0.15) is 0 Å². The summed E-state index contributed by atoms with van der Waals surface area (Å²) in [6.07, 6.45) is 2.57. The van der Waals surface area contributed by atoms with E-state index in [1.165, 1.54) is 0 Å². The molecule has 1 N–H and O–H groups in total. The number of aromatic amines is 1. The Morgan fingerprint density at radius 3 is 2.85 bits per heavy atom. The van der Waals surface area contributed by atoms with Crippen molar-refractivity contribution in [3.63, 3.8) is 0 Å². The normalized spacial score (nSPS) is 17.2. The Bertz CT molecular complexity index is 835. The van der Waals surface area contributed by atoms with E-state index in [2.05, 4.69) is 4.98 Å². The van der Waals surface area contributed by atoms with E-state index in [9.17, 15) is 9.59 Å². The van der Waals surface area contributed by atoms with Gasteiger partial charge in [-0.05, 0) is 48.8 Å². The number of hydrogen-bond acceptors (Lipinski definition) is 3. The first-order valence-corrected chi connectivity index (χ1v) is 9.44. The number of nitrogens with zero attached hydrogens (tertiary/aromatic N) is 1. The van der Waals surface area contributed by atoms with Crippen molar-refractivity contribution in [2.45, 2.75) is 52.7 Å². The van der Waals surface area contributed by atoms with E-state index in [-0.39, 0.29) is 23.5 Å². The van der Waals surface area contributed by atoms with Crippen LogP contribution in [0, 0.1) is 12.8 Å². The fourth-order valence-corrected chi connectivity index (χ4v) is 3.45. The van der Waals surface area contributed by atoms with Gasteiger partial charge in [-0.2, -0.15) is 0 Å². The van der Waals surface area contributed by atoms with Crippen molar-refractivity contribution in [2.75, 3.05) is 13.2 Å². The molecular weight excluding hydrogens is 328 g/mol. The Kier molecular flexibility index (Phi) is 5.77. The lowest BCUT2D eigenvalue weighted by Gasteiger charge is -2.26. The molecule has 5 nitrogen and oxygen atoms in total. The molecule has 26 heavy (non-hydrogen) atoms. The van der Waals surface area contributed by atoms with Gasteiger partial charge in [-0.15, -0.1) is 0 Å². The van der Waals surface area contributed by atoms with Gasteiger partial charge in [0.2, 0.25) is 5.91 Å². The van der Waals surface area contributed by atoms with Gasteiger partial charge in [-0.3, -0.25) is 9.59 Å². The highest BCUT2D eigenvalue weighted by Gasteiger charge is 2.24. The lowest BCUT2D eigenvalue weighted by atomic mass is 10.1. The quantitative estimate of drug-likeness (QED) is 0.863. The van der Waals surface area contributed by atoms with Crippen molar-refractivity contribution in [1.29, 1.82) is 0 Å². The molecule has 0 bridgehead atoms. The highest BCUT2D eigenvalue weighted by atomic mass is 16.5. The minimum absolute atomic E-state index is 0.0771. The van der Waals surface area contributed by atoms with Crippen molar-refractivity contribution < 1.29 is 9.53 Å². The third kappa shape index (κ3) is 4.52. The van der Waals surface area contributed by atoms with Gasteiger partial charge in [-0.25, -0.2) is 0 Å². The van der Waals surface area contributed by atoms with E-state index in [4.69, 9.17) is 4.74 Å². The Labute approximate surface area is 154 Å². The molecule has 0 unspecified atom stereocenters. The third-order valence-electron chi connectivity index (χ3n) is 4.82. The lowest BCUT2D eigenvalue weighted by molar-refractivity contribution is -0.134. The molecule has 1 aromatic carbocycles. The van der Waals surface area contributed by atoms with Crippen molar-refractivity contribution >= 4 is 16.8 Å². The SMILES string of the molecule is Cc1ccc2cc(CN(C[C@@H]3CCCO3)C(=O)CC(C)C)c(=O)[nH]c2c1. The molecule has 1 saturated heterocycles. The number of carbonyl (C=O) groups excluding carboxylic acids is 1. The fraction of sp³-hybridized carbons (Fsp3) is 0.524. The summed E-state index contributed by atoms with van der Waals surface area (Å²) in [5.41, 5.74) is 2.43. The van der Waals surface area contributed by atoms with Crippen molar-refractivity contribution in [3.05, 3.63) is 45.7 Å². The van der Waals surface area contributed by atoms with Crippen LogP contribution < -0.4 is 5.56 Å². The molecule has 1 aliphatic heterocycles. The lowest BCUT2D eigenvalue weighted by Crippen LogP contribution is -2.38. The number of aromatic nitrogens is 1. The molecule has 0 spiro atoms. The average Bonchev–Trinajstić information content (AvgIpc) is 3.07. The first-order chi connectivity index (χ1) is 12.4. The predicted octanol–water partition coefficient (Wildman–Crippen LogP) is 3.39. The summed E-state index contributed by atoms with van der Waals surface area (Å²) in [5.74, 6) is 0.367. The van der Waals surface area contributed by atoms with E-state index < -0.39 is 0 Å². The van der Waals surface area contributed by atoms with Crippen molar-refractivity contribution in [1.82, 2.24) is 9.88 Å². The van der Waals surface area contributed by atoms with Gasteiger partial charge in [0.15, 0.2) is 0 Å². The molecule has 1 atom stereocenters. The fourth-order valence-electron chi connectivity index (χ4n) is 3.45. The van der Waals surface area contributed by atoms with Crippen LogP contribution >= 0.6 is 0 Å². The zero-order valence-corrected chi connectivity index (χ0v) is 15.9. The summed E-state index contributed by atoms with van der Waals surface area (Å²) in [7, 11) is 0. The Hall–Kier alpha value is -2.14. The van der Waals surface area contributed by atoms with E-state index >= 15 is 0 Å². The van der Waals surface area contributed by atoms with Crippen molar-refractivity contribution in [2.24, 2.45) is 5.92 Å². The van der Waals surface area contributed by atoms with Crippen LogP contribution in [0.25, 0.3) is 10.9 Å². The Morgan fingerprint density at radius 1 is 1.35 bits per heavy atom. The number of nitrogens with one attached hydrogen (secondary N) is 1. The summed E-state index contributed by atoms with van der Waals surface area (Å²) in [6.45, 7) is 7.70. The summed E-state index contributed by atoms with van der Waals surface area (Å²) in [5, 5.41) is 0.985. The molecule has 3 rings (SSSR count). The zero-order valence-electron chi connectivity index (χ0n) is 15.9. The minimum atomic E-state index is -0.127. The van der Waals surface area contributed by atoms with Gasteiger partial charge in [0.05, 0.1) is 12.6 Å².